The van der Waals surface area contributed by atoms with E-state index in [0.29, 0.717) is 21.2 Å². The molecular formula is C15H18FNOS. The van der Waals surface area contributed by atoms with E-state index in [2.05, 4.69) is 6.07 Å². The quantitative estimate of drug-likeness (QED) is 0.791. The molecule has 0 atom stereocenters. The molecule has 0 saturated heterocycles. The van der Waals surface area contributed by atoms with Crippen LogP contribution in [-0.4, -0.2) is 5.11 Å². The molecule has 4 heteroatoms. The third-order valence-corrected chi connectivity index (χ3v) is 4.31. The van der Waals surface area contributed by atoms with E-state index >= 15 is 0 Å². The Labute approximate surface area is 117 Å². The first-order valence-corrected chi connectivity index (χ1v) is 7.13. The molecule has 0 saturated carbocycles. The van der Waals surface area contributed by atoms with Gasteiger partial charge in [0.2, 0.25) is 0 Å². The average molecular weight is 279 g/mol. The summed E-state index contributed by atoms with van der Waals surface area (Å²) in [5, 5.41) is 19.4. The zero-order chi connectivity index (χ0) is 14.7. The molecule has 2 nitrogen and oxygen atoms in total. The van der Waals surface area contributed by atoms with Gasteiger partial charge >= 0.3 is 0 Å². The molecule has 0 aliphatic heterocycles. The van der Waals surface area contributed by atoms with Gasteiger partial charge in [-0.25, -0.2) is 4.39 Å². The number of aryl methyl sites for hydroxylation is 1. The number of thiophene rings is 1. The van der Waals surface area contributed by atoms with Gasteiger partial charge in [0.25, 0.3) is 0 Å². The fraction of sp³-hybridized carbons (Fsp3) is 0.400. The number of halogens is 1. The van der Waals surface area contributed by atoms with Crippen molar-refractivity contribution in [2.75, 3.05) is 0 Å². The van der Waals surface area contributed by atoms with Gasteiger partial charge in [0, 0.05) is 21.9 Å². The van der Waals surface area contributed by atoms with Gasteiger partial charge in [0.15, 0.2) is 0 Å². The van der Waals surface area contributed by atoms with Crippen LogP contribution >= 0.6 is 11.3 Å². The lowest BCUT2D eigenvalue weighted by Gasteiger charge is -2.02. The summed E-state index contributed by atoms with van der Waals surface area (Å²) in [6.07, 6.45) is 0. The van der Waals surface area contributed by atoms with E-state index in [1.165, 1.54) is 11.3 Å². The predicted molar refractivity (Wildman–Crippen MR) is 78.3 cm³/mol. The molecule has 2 aromatic rings. The van der Waals surface area contributed by atoms with Crippen LogP contribution in [0.4, 0.5) is 4.39 Å². The second-order valence-electron chi connectivity index (χ2n) is 4.31. The maximum Gasteiger partial charge on any atom is 0.144 e. The van der Waals surface area contributed by atoms with Crippen molar-refractivity contribution >= 4 is 21.4 Å². The maximum absolute atomic E-state index is 13.8. The van der Waals surface area contributed by atoms with Gasteiger partial charge in [-0.15, -0.1) is 11.3 Å². The fourth-order valence-corrected chi connectivity index (χ4v) is 3.13. The van der Waals surface area contributed by atoms with Crippen molar-refractivity contribution < 1.29 is 9.50 Å². The van der Waals surface area contributed by atoms with Crippen LogP contribution in [0, 0.1) is 24.1 Å². The number of phenolic OH excluding ortho intramolecular Hbond substituents is 1. The minimum atomic E-state index is -0.462. The highest BCUT2D eigenvalue weighted by Crippen LogP contribution is 2.41. The average Bonchev–Trinajstić information content (AvgIpc) is 2.78. The van der Waals surface area contributed by atoms with E-state index in [9.17, 15) is 14.8 Å². The number of fused-ring (bicyclic) bond motifs is 1. The molecule has 0 fully saturated rings. The van der Waals surface area contributed by atoms with Gasteiger partial charge in [-0.05, 0) is 12.8 Å². The molecule has 2 rings (SSSR count). The summed E-state index contributed by atoms with van der Waals surface area (Å²) >= 11 is 1.30. The largest absolute Gasteiger partial charge is 0.508 e. The highest BCUT2D eigenvalue weighted by Gasteiger charge is 2.20. The van der Waals surface area contributed by atoms with Crippen molar-refractivity contribution in [3.05, 3.63) is 27.9 Å². The lowest BCUT2D eigenvalue weighted by Crippen LogP contribution is -1.87. The number of benzene rings is 1. The molecule has 0 aliphatic rings. The second-order valence-corrected chi connectivity index (χ2v) is 5.37. The van der Waals surface area contributed by atoms with Crippen LogP contribution in [0.15, 0.2) is 6.07 Å². The highest BCUT2D eigenvalue weighted by atomic mass is 32.1. The van der Waals surface area contributed by atoms with Crippen LogP contribution in [0.1, 0.15) is 49.6 Å². The smallest absolute Gasteiger partial charge is 0.144 e. The lowest BCUT2D eigenvalue weighted by atomic mass is 10.0. The van der Waals surface area contributed by atoms with Gasteiger partial charge in [-0.3, -0.25) is 0 Å². The summed E-state index contributed by atoms with van der Waals surface area (Å²) in [4.78, 5) is 0.870. The van der Waals surface area contributed by atoms with Crippen molar-refractivity contribution in [1.82, 2.24) is 0 Å². The van der Waals surface area contributed by atoms with Gasteiger partial charge in [-0.2, -0.15) is 5.26 Å². The molecule has 1 N–H and O–H groups in total. The van der Waals surface area contributed by atoms with Crippen molar-refractivity contribution in [2.45, 2.75) is 40.5 Å². The topological polar surface area (TPSA) is 44.0 Å². The number of nitrogens with zero attached hydrogens (tertiary/aromatic N) is 1. The van der Waals surface area contributed by atoms with E-state index in [1.807, 2.05) is 27.7 Å². The Hall–Kier alpha value is -1.60. The zero-order valence-electron chi connectivity index (χ0n) is 11.8. The van der Waals surface area contributed by atoms with Crippen molar-refractivity contribution in [3.8, 4) is 11.8 Å². The highest BCUT2D eigenvalue weighted by molar-refractivity contribution is 7.19. The summed E-state index contributed by atoms with van der Waals surface area (Å²) in [5.74, 6) is -0.390. The lowest BCUT2D eigenvalue weighted by molar-refractivity contribution is 0.467. The van der Waals surface area contributed by atoms with Crippen LogP contribution in [0.25, 0.3) is 10.1 Å². The summed E-state index contributed by atoms with van der Waals surface area (Å²) in [7, 11) is 0. The fourth-order valence-electron chi connectivity index (χ4n) is 1.91. The van der Waals surface area contributed by atoms with E-state index in [0.717, 1.165) is 10.9 Å². The SMILES string of the molecule is CC.Cc1c(O)cc(F)c2sc(C(C)C)c(C#N)c12. The predicted octanol–water partition coefficient (Wildman–Crippen LogP) is 5.08. The maximum atomic E-state index is 13.8. The monoisotopic (exact) mass is 279 g/mol. The summed E-state index contributed by atoms with van der Waals surface area (Å²) in [5.41, 5.74) is 1.06. The van der Waals surface area contributed by atoms with Gasteiger partial charge in [0.1, 0.15) is 17.6 Å². The minimum Gasteiger partial charge on any atom is -0.508 e. The molecular weight excluding hydrogens is 261 g/mol. The summed E-state index contributed by atoms with van der Waals surface area (Å²) in [6, 6.07) is 3.24. The van der Waals surface area contributed by atoms with Gasteiger partial charge in [-0.1, -0.05) is 27.7 Å². The van der Waals surface area contributed by atoms with E-state index in [4.69, 9.17) is 0 Å². The van der Waals surface area contributed by atoms with Crippen LogP contribution in [0.5, 0.6) is 5.75 Å². The molecule has 1 heterocycles. The molecule has 0 bridgehead atoms. The molecule has 0 unspecified atom stereocenters. The number of hydrogen-bond donors (Lipinski definition) is 1. The first-order valence-electron chi connectivity index (χ1n) is 6.32. The molecule has 19 heavy (non-hydrogen) atoms. The Morgan fingerprint density at radius 3 is 2.42 bits per heavy atom. The van der Waals surface area contributed by atoms with Crippen molar-refractivity contribution in [2.24, 2.45) is 0 Å². The van der Waals surface area contributed by atoms with Crippen LogP contribution in [0.3, 0.4) is 0 Å². The molecule has 0 amide bonds. The Morgan fingerprint density at radius 2 is 1.95 bits per heavy atom. The molecule has 1 aromatic carbocycles. The zero-order valence-corrected chi connectivity index (χ0v) is 12.7. The third kappa shape index (κ3) is 2.57. The normalized spacial score (nSPS) is 10.2. The van der Waals surface area contributed by atoms with Crippen LogP contribution < -0.4 is 0 Å². The molecule has 0 spiro atoms. The number of aromatic hydroxyl groups is 1. The Bertz CT molecular complexity index is 638. The Balaban J connectivity index is 0.000000861. The Morgan fingerprint density at radius 1 is 1.37 bits per heavy atom. The van der Waals surface area contributed by atoms with E-state index < -0.39 is 5.82 Å². The van der Waals surface area contributed by atoms with Crippen LogP contribution in [0.2, 0.25) is 0 Å². The molecule has 102 valence electrons. The van der Waals surface area contributed by atoms with E-state index in [1.54, 1.807) is 6.92 Å². The molecule has 0 aliphatic carbocycles. The molecule has 0 radical (unpaired) electrons. The first-order chi connectivity index (χ1) is 8.97. The van der Waals surface area contributed by atoms with E-state index in [-0.39, 0.29) is 11.7 Å². The number of phenols is 1. The van der Waals surface area contributed by atoms with Crippen molar-refractivity contribution in [3.63, 3.8) is 0 Å². The number of rotatable bonds is 1. The number of nitriles is 1. The summed E-state index contributed by atoms with van der Waals surface area (Å²) in [6.45, 7) is 9.64. The van der Waals surface area contributed by atoms with Gasteiger partial charge < -0.3 is 5.11 Å². The standard InChI is InChI=1S/C13H12FNOS.C2H6/c1-6(2)12-8(5-15)11-7(3)10(16)4-9(14)13(11)17-12;1-2/h4,6,16H,1-3H3;1-2H3. The van der Waals surface area contributed by atoms with Crippen LogP contribution in [-0.2, 0) is 0 Å². The third-order valence-electron chi connectivity index (χ3n) is 2.81. The minimum absolute atomic E-state index is 0.0976. The second kappa shape index (κ2) is 6.03. The Kier molecular flexibility index (Phi) is 4.90. The van der Waals surface area contributed by atoms with Crippen molar-refractivity contribution in [1.29, 1.82) is 5.26 Å². The summed E-state index contributed by atoms with van der Waals surface area (Å²) < 4.78 is 14.2. The molecule has 1 aromatic heterocycles. The first kappa shape index (κ1) is 15.5. The number of hydrogen-bond acceptors (Lipinski definition) is 3. The van der Waals surface area contributed by atoms with Gasteiger partial charge in [0.05, 0.1) is 10.3 Å².